The first-order chi connectivity index (χ1) is 8.04. The van der Waals surface area contributed by atoms with Gasteiger partial charge in [0.1, 0.15) is 0 Å². The summed E-state index contributed by atoms with van der Waals surface area (Å²) in [5.41, 5.74) is 11.6. The molecule has 0 aliphatic carbocycles. The maximum absolute atomic E-state index is 10.7. The number of ether oxygens (including phenoxy) is 2. The van der Waals surface area contributed by atoms with E-state index in [1.807, 2.05) is 25.1 Å². The van der Waals surface area contributed by atoms with E-state index in [2.05, 4.69) is 0 Å². The molecule has 0 fully saturated rings. The minimum atomic E-state index is -0.675. The number of hydrogen-bond acceptors (Lipinski definition) is 4. The number of methoxy groups -OCH3 is 1. The molecule has 0 saturated carbocycles. The van der Waals surface area contributed by atoms with Crippen molar-refractivity contribution in [1.82, 2.24) is 0 Å². The third-order valence-corrected chi connectivity index (χ3v) is 2.37. The van der Waals surface area contributed by atoms with E-state index in [-0.39, 0.29) is 0 Å². The van der Waals surface area contributed by atoms with E-state index in [9.17, 15) is 4.79 Å². The van der Waals surface area contributed by atoms with Gasteiger partial charge in [0.2, 0.25) is 5.91 Å². The lowest BCUT2D eigenvalue weighted by atomic mass is 10.2. The van der Waals surface area contributed by atoms with Gasteiger partial charge in [-0.3, -0.25) is 4.79 Å². The first-order valence-corrected chi connectivity index (χ1v) is 5.37. The van der Waals surface area contributed by atoms with E-state index >= 15 is 0 Å². The van der Waals surface area contributed by atoms with E-state index < -0.39 is 11.9 Å². The van der Waals surface area contributed by atoms with Gasteiger partial charge in [0.05, 0.1) is 19.8 Å². The van der Waals surface area contributed by atoms with Crippen LogP contribution >= 0.6 is 0 Å². The molecular formula is C12H18N2O3. The summed E-state index contributed by atoms with van der Waals surface area (Å²) >= 11 is 0. The molecule has 0 aliphatic heterocycles. The van der Waals surface area contributed by atoms with Crippen molar-refractivity contribution in [3.05, 3.63) is 23.8 Å². The Kier molecular flexibility index (Phi) is 4.78. The van der Waals surface area contributed by atoms with Gasteiger partial charge in [-0.15, -0.1) is 0 Å². The van der Waals surface area contributed by atoms with Crippen molar-refractivity contribution < 1.29 is 14.3 Å². The van der Waals surface area contributed by atoms with Gasteiger partial charge in [-0.25, -0.2) is 0 Å². The third-order valence-electron chi connectivity index (χ3n) is 2.37. The molecule has 1 unspecified atom stereocenters. The van der Waals surface area contributed by atoms with Crippen LogP contribution in [0.1, 0.15) is 12.0 Å². The maximum Gasteiger partial charge on any atom is 0.234 e. The molecule has 94 valence electrons. The SMILES string of the molecule is COc1cc(C)ccc1OCCC(N)C(N)=O. The molecule has 0 bridgehead atoms. The predicted octanol–water partition coefficient (Wildman–Crippen LogP) is 0.585. The second kappa shape index (κ2) is 6.10. The highest BCUT2D eigenvalue weighted by Gasteiger charge is 2.10. The second-order valence-electron chi connectivity index (χ2n) is 3.80. The molecule has 0 spiro atoms. The minimum absolute atomic E-state index is 0.323. The fraction of sp³-hybridized carbons (Fsp3) is 0.417. The molecule has 4 N–H and O–H groups in total. The molecular weight excluding hydrogens is 220 g/mol. The topological polar surface area (TPSA) is 87.6 Å². The van der Waals surface area contributed by atoms with Crippen molar-refractivity contribution in [2.75, 3.05) is 13.7 Å². The summed E-state index contributed by atoms with van der Waals surface area (Å²) in [4.78, 5) is 10.7. The van der Waals surface area contributed by atoms with E-state index in [4.69, 9.17) is 20.9 Å². The molecule has 0 saturated heterocycles. The Labute approximate surface area is 101 Å². The molecule has 0 aliphatic rings. The zero-order valence-corrected chi connectivity index (χ0v) is 10.1. The highest BCUT2D eigenvalue weighted by molar-refractivity contribution is 5.79. The lowest BCUT2D eigenvalue weighted by Gasteiger charge is -2.12. The fourth-order valence-corrected chi connectivity index (χ4v) is 1.33. The summed E-state index contributed by atoms with van der Waals surface area (Å²) in [7, 11) is 1.58. The van der Waals surface area contributed by atoms with Crippen molar-refractivity contribution in [3.8, 4) is 11.5 Å². The largest absolute Gasteiger partial charge is 0.493 e. The molecule has 1 aromatic rings. The first kappa shape index (κ1) is 13.3. The lowest BCUT2D eigenvalue weighted by Crippen LogP contribution is -2.37. The summed E-state index contributed by atoms with van der Waals surface area (Å²) in [6, 6.07) is 4.95. The molecule has 1 atom stereocenters. The Morgan fingerprint density at radius 2 is 2.12 bits per heavy atom. The molecule has 17 heavy (non-hydrogen) atoms. The normalized spacial score (nSPS) is 11.9. The van der Waals surface area contributed by atoms with Crippen LogP contribution in [-0.2, 0) is 4.79 Å². The van der Waals surface area contributed by atoms with Crippen LogP contribution in [0.15, 0.2) is 18.2 Å². The number of amides is 1. The summed E-state index contributed by atoms with van der Waals surface area (Å²) < 4.78 is 10.7. The maximum atomic E-state index is 10.7. The quantitative estimate of drug-likeness (QED) is 0.759. The summed E-state index contributed by atoms with van der Waals surface area (Å²) in [5.74, 6) is 0.775. The van der Waals surface area contributed by atoms with E-state index in [0.717, 1.165) is 5.56 Å². The van der Waals surface area contributed by atoms with Gasteiger partial charge in [-0.05, 0) is 24.6 Å². The number of nitrogens with two attached hydrogens (primary N) is 2. The van der Waals surface area contributed by atoms with Gasteiger partial charge in [0.15, 0.2) is 11.5 Å². The molecule has 1 rings (SSSR count). The smallest absolute Gasteiger partial charge is 0.234 e. The van der Waals surface area contributed by atoms with Crippen molar-refractivity contribution in [2.45, 2.75) is 19.4 Å². The average Bonchev–Trinajstić information content (AvgIpc) is 2.30. The molecule has 5 nitrogen and oxygen atoms in total. The average molecular weight is 238 g/mol. The van der Waals surface area contributed by atoms with E-state index in [1.54, 1.807) is 7.11 Å². The summed E-state index contributed by atoms with van der Waals surface area (Å²) in [6.07, 6.45) is 0.381. The van der Waals surface area contributed by atoms with E-state index in [0.29, 0.717) is 24.5 Å². The Bertz CT molecular complexity index is 393. The lowest BCUT2D eigenvalue weighted by molar-refractivity contribution is -0.119. The monoisotopic (exact) mass is 238 g/mol. The van der Waals surface area contributed by atoms with Crippen LogP contribution in [0.2, 0.25) is 0 Å². The summed E-state index contributed by atoms with van der Waals surface area (Å²) in [6.45, 7) is 2.29. The molecule has 1 aromatic carbocycles. The molecule has 0 aromatic heterocycles. The Hall–Kier alpha value is -1.75. The number of aryl methyl sites for hydroxylation is 1. The Balaban J connectivity index is 2.54. The van der Waals surface area contributed by atoms with Gasteiger partial charge in [-0.1, -0.05) is 6.07 Å². The minimum Gasteiger partial charge on any atom is -0.493 e. The number of hydrogen-bond donors (Lipinski definition) is 2. The van der Waals surface area contributed by atoms with Crippen LogP contribution in [0.3, 0.4) is 0 Å². The van der Waals surface area contributed by atoms with E-state index in [1.165, 1.54) is 0 Å². The van der Waals surface area contributed by atoms with Crippen LogP contribution in [0.4, 0.5) is 0 Å². The Morgan fingerprint density at radius 1 is 1.41 bits per heavy atom. The number of carbonyl (C=O) groups is 1. The van der Waals surface area contributed by atoms with Crippen LogP contribution in [0, 0.1) is 6.92 Å². The first-order valence-electron chi connectivity index (χ1n) is 5.37. The van der Waals surface area contributed by atoms with Gasteiger partial charge in [-0.2, -0.15) is 0 Å². The van der Waals surface area contributed by atoms with Crippen molar-refractivity contribution in [2.24, 2.45) is 11.5 Å². The zero-order valence-electron chi connectivity index (χ0n) is 10.1. The molecule has 0 radical (unpaired) electrons. The van der Waals surface area contributed by atoms with Crippen LogP contribution in [0.5, 0.6) is 11.5 Å². The molecule has 1 amide bonds. The number of benzene rings is 1. The van der Waals surface area contributed by atoms with Crippen LogP contribution in [-0.4, -0.2) is 25.7 Å². The van der Waals surface area contributed by atoms with Gasteiger partial charge in [0, 0.05) is 6.42 Å². The van der Waals surface area contributed by atoms with Gasteiger partial charge >= 0.3 is 0 Å². The van der Waals surface area contributed by atoms with Gasteiger partial charge in [0.25, 0.3) is 0 Å². The Morgan fingerprint density at radius 3 is 2.71 bits per heavy atom. The van der Waals surface area contributed by atoms with Crippen molar-refractivity contribution in [3.63, 3.8) is 0 Å². The number of carbonyl (C=O) groups excluding carboxylic acids is 1. The number of primary amides is 1. The second-order valence-corrected chi connectivity index (χ2v) is 3.80. The zero-order chi connectivity index (χ0) is 12.8. The predicted molar refractivity (Wildman–Crippen MR) is 65.0 cm³/mol. The standard InChI is InChI=1S/C12H18N2O3/c1-8-3-4-10(11(7-8)16-2)17-6-5-9(13)12(14)15/h3-4,7,9H,5-6,13H2,1-2H3,(H2,14,15). The highest BCUT2D eigenvalue weighted by Crippen LogP contribution is 2.27. The van der Waals surface area contributed by atoms with Crippen LogP contribution < -0.4 is 20.9 Å². The molecule has 5 heteroatoms. The van der Waals surface area contributed by atoms with Crippen LogP contribution in [0.25, 0.3) is 0 Å². The summed E-state index contributed by atoms with van der Waals surface area (Å²) in [5, 5.41) is 0. The fourth-order valence-electron chi connectivity index (χ4n) is 1.33. The highest BCUT2D eigenvalue weighted by atomic mass is 16.5. The van der Waals surface area contributed by atoms with Crippen molar-refractivity contribution in [1.29, 1.82) is 0 Å². The van der Waals surface area contributed by atoms with Gasteiger partial charge < -0.3 is 20.9 Å². The molecule has 0 heterocycles. The third kappa shape index (κ3) is 3.96. The van der Waals surface area contributed by atoms with Crippen molar-refractivity contribution >= 4 is 5.91 Å². The number of rotatable bonds is 6.